The van der Waals surface area contributed by atoms with Crippen molar-refractivity contribution < 1.29 is 5.11 Å². The van der Waals surface area contributed by atoms with Crippen LogP contribution in [0.5, 0.6) is 0 Å². The SMILES string of the molecule is CC1CCC(C(O)c2ccc(Cl)cc2Br)CC1. The molecule has 1 N–H and O–H groups in total. The maximum atomic E-state index is 10.4. The molecule has 1 aromatic rings. The third-order valence-electron chi connectivity index (χ3n) is 3.79. The highest BCUT2D eigenvalue weighted by Crippen LogP contribution is 2.39. The van der Waals surface area contributed by atoms with Crippen LogP contribution in [0.15, 0.2) is 22.7 Å². The zero-order valence-electron chi connectivity index (χ0n) is 10.00. The summed E-state index contributed by atoms with van der Waals surface area (Å²) in [6.07, 6.45) is 4.34. The number of aliphatic hydroxyl groups is 1. The van der Waals surface area contributed by atoms with Crippen molar-refractivity contribution in [3.63, 3.8) is 0 Å². The molecule has 0 bridgehead atoms. The Morgan fingerprint density at radius 1 is 1.29 bits per heavy atom. The third kappa shape index (κ3) is 3.24. The molecule has 3 heteroatoms. The fourth-order valence-corrected chi connectivity index (χ4v) is 3.51. The van der Waals surface area contributed by atoms with E-state index in [0.717, 1.165) is 28.8 Å². The molecule has 0 aliphatic heterocycles. The molecule has 1 aliphatic rings. The summed E-state index contributed by atoms with van der Waals surface area (Å²) in [7, 11) is 0. The van der Waals surface area contributed by atoms with Gasteiger partial charge in [-0.2, -0.15) is 0 Å². The molecular formula is C14H18BrClO. The fraction of sp³-hybridized carbons (Fsp3) is 0.571. The van der Waals surface area contributed by atoms with Gasteiger partial charge in [0.05, 0.1) is 6.10 Å². The summed E-state index contributed by atoms with van der Waals surface area (Å²) in [6.45, 7) is 2.29. The van der Waals surface area contributed by atoms with E-state index in [1.54, 1.807) is 0 Å². The Morgan fingerprint density at radius 2 is 1.94 bits per heavy atom. The van der Waals surface area contributed by atoms with E-state index in [0.29, 0.717) is 10.9 Å². The fourth-order valence-electron chi connectivity index (χ4n) is 2.60. The summed E-state index contributed by atoms with van der Waals surface area (Å²) in [5.41, 5.74) is 0.967. The number of hydrogen-bond donors (Lipinski definition) is 1. The summed E-state index contributed by atoms with van der Waals surface area (Å²) < 4.78 is 0.913. The van der Waals surface area contributed by atoms with E-state index >= 15 is 0 Å². The van der Waals surface area contributed by atoms with E-state index in [-0.39, 0.29) is 6.10 Å². The van der Waals surface area contributed by atoms with Gasteiger partial charge in [-0.3, -0.25) is 0 Å². The predicted molar refractivity (Wildman–Crippen MR) is 75.2 cm³/mol. The standard InChI is InChI=1S/C14H18BrClO/c1-9-2-4-10(5-3-9)14(17)12-7-6-11(16)8-13(12)15/h6-10,14,17H,2-5H2,1H3. The molecule has 1 unspecified atom stereocenters. The van der Waals surface area contributed by atoms with Crippen LogP contribution in [0.25, 0.3) is 0 Å². The molecule has 1 fully saturated rings. The van der Waals surface area contributed by atoms with Crippen molar-refractivity contribution in [1.29, 1.82) is 0 Å². The molecule has 94 valence electrons. The van der Waals surface area contributed by atoms with Crippen molar-refractivity contribution in [1.82, 2.24) is 0 Å². The summed E-state index contributed by atoms with van der Waals surface area (Å²) >= 11 is 9.40. The van der Waals surface area contributed by atoms with Gasteiger partial charge in [-0.25, -0.2) is 0 Å². The third-order valence-corrected chi connectivity index (χ3v) is 4.71. The smallest absolute Gasteiger partial charge is 0.0829 e. The monoisotopic (exact) mass is 316 g/mol. The number of halogens is 2. The topological polar surface area (TPSA) is 20.2 Å². The Labute approximate surface area is 116 Å². The second kappa shape index (κ2) is 5.73. The van der Waals surface area contributed by atoms with Crippen LogP contribution in [-0.4, -0.2) is 5.11 Å². The summed E-state index contributed by atoms with van der Waals surface area (Å²) in [5, 5.41) is 11.1. The van der Waals surface area contributed by atoms with Crippen molar-refractivity contribution >= 4 is 27.5 Å². The van der Waals surface area contributed by atoms with E-state index in [4.69, 9.17) is 11.6 Å². The van der Waals surface area contributed by atoms with Crippen LogP contribution >= 0.6 is 27.5 Å². The predicted octanol–water partition coefficient (Wildman–Crippen LogP) is 4.96. The first-order chi connectivity index (χ1) is 8.08. The van der Waals surface area contributed by atoms with Gasteiger partial charge in [0.2, 0.25) is 0 Å². The highest BCUT2D eigenvalue weighted by atomic mass is 79.9. The molecule has 1 nitrogen and oxygen atoms in total. The van der Waals surface area contributed by atoms with Crippen LogP contribution in [0, 0.1) is 11.8 Å². The van der Waals surface area contributed by atoms with Gasteiger partial charge in [-0.05, 0) is 42.4 Å². The summed E-state index contributed by atoms with van der Waals surface area (Å²) in [6, 6.07) is 5.62. The second-order valence-electron chi connectivity index (χ2n) is 5.13. The lowest BCUT2D eigenvalue weighted by Gasteiger charge is -2.30. The quantitative estimate of drug-likeness (QED) is 0.817. The maximum absolute atomic E-state index is 10.4. The van der Waals surface area contributed by atoms with E-state index in [1.165, 1.54) is 12.8 Å². The van der Waals surface area contributed by atoms with Crippen molar-refractivity contribution in [3.8, 4) is 0 Å². The second-order valence-corrected chi connectivity index (χ2v) is 6.42. The molecule has 1 atom stereocenters. The van der Waals surface area contributed by atoms with Gasteiger partial charge in [0, 0.05) is 9.50 Å². The van der Waals surface area contributed by atoms with E-state index in [1.807, 2.05) is 18.2 Å². The van der Waals surface area contributed by atoms with E-state index in [2.05, 4.69) is 22.9 Å². The van der Waals surface area contributed by atoms with Gasteiger partial charge in [0.1, 0.15) is 0 Å². The zero-order valence-corrected chi connectivity index (χ0v) is 12.3. The van der Waals surface area contributed by atoms with Crippen LogP contribution < -0.4 is 0 Å². The van der Waals surface area contributed by atoms with Crippen molar-refractivity contribution in [2.45, 2.75) is 38.7 Å². The van der Waals surface area contributed by atoms with Crippen molar-refractivity contribution in [3.05, 3.63) is 33.3 Å². The minimum atomic E-state index is -0.367. The van der Waals surface area contributed by atoms with Gasteiger partial charge in [-0.15, -0.1) is 0 Å². The molecule has 0 aromatic heterocycles. The van der Waals surface area contributed by atoms with Gasteiger partial charge in [0.25, 0.3) is 0 Å². The largest absolute Gasteiger partial charge is 0.388 e. The minimum Gasteiger partial charge on any atom is -0.388 e. The number of aliphatic hydroxyl groups excluding tert-OH is 1. The normalized spacial score (nSPS) is 26.8. The zero-order chi connectivity index (χ0) is 12.4. The molecule has 17 heavy (non-hydrogen) atoms. The lowest BCUT2D eigenvalue weighted by Crippen LogP contribution is -2.19. The van der Waals surface area contributed by atoms with Crippen LogP contribution in [-0.2, 0) is 0 Å². The number of rotatable bonds is 2. The summed E-state index contributed by atoms with van der Waals surface area (Å²) in [5.74, 6) is 1.20. The summed E-state index contributed by atoms with van der Waals surface area (Å²) in [4.78, 5) is 0. The van der Waals surface area contributed by atoms with Gasteiger partial charge >= 0.3 is 0 Å². The molecule has 2 rings (SSSR count). The molecule has 0 saturated heterocycles. The van der Waals surface area contributed by atoms with Crippen LogP contribution in [0.3, 0.4) is 0 Å². The maximum Gasteiger partial charge on any atom is 0.0829 e. The van der Waals surface area contributed by atoms with Gasteiger partial charge < -0.3 is 5.11 Å². The lowest BCUT2D eigenvalue weighted by molar-refractivity contribution is 0.0750. The Balaban J connectivity index is 2.11. The molecule has 0 spiro atoms. The van der Waals surface area contributed by atoms with Crippen LogP contribution in [0.2, 0.25) is 5.02 Å². The van der Waals surface area contributed by atoms with Crippen molar-refractivity contribution in [2.24, 2.45) is 11.8 Å². The molecule has 1 aliphatic carbocycles. The first kappa shape index (κ1) is 13.4. The molecule has 0 radical (unpaired) electrons. The van der Waals surface area contributed by atoms with Crippen LogP contribution in [0.1, 0.15) is 44.3 Å². The highest BCUT2D eigenvalue weighted by Gasteiger charge is 2.26. The lowest BCUT2D eigenvalue weighted by atomic mass is 9.78. The first-order valence-corrected chi connectivity index (χ1v) is 7.38. The van der Waals surface area contributed by atoms with E-state index < -0.39 is 0 Å². The molecule has 0 heterocycles. The first-order valence-electron chi connectivity index (χ1n) is 6.21. The Hall–Kier alpha value is -0.0500. The number of benzene rings is 1. The molecule has 0 amide bonds. The molecule has 1 saturated carbocycles. The Bertz CT molecular complexity index is 386. The molecular weight excluding hydrogens is 300 g/mol. The van der Waals surface area contributed by atoms with E-state index in [9.17, 15) is 5.11 Å². The number of hydrogen-bond acceptors (Lipinski definition) is 1. The Kier molecular flexibility index (Phi) is 4.51. The Morgan fingerprint density at radius 3 is 2.53 bits per heavy atom. The van der Waals surface area contributed by atoms with Crippen molar-refractivity contribution in [2.75, 3.05) is 0 Å². The van der Waals surface area contributed by atoms with Gasteiger partial charge in [0.15, 0.2) is 0 Å². The highest BCUT2D eigenvalue weighted by molar-refractivity contribution is 9.10. The average molecular weight is 318 g/mol. The average Bonchev–Trinajstić information content (AvgIpc) is 2.29. The van der Waals surface area contributed by atoms with Gasteiger partial charge in [-0.1, -0.05) is 53.4 Å². The van der Waals surface area contributed by atoms with Crippen LogP contribution in [0.4, 0.5) is 0 Å². The minimum absolute atomic E-state index is 0.367. The molecule has 1 aromatic carbocycles.